The van der Waals surface area contributed by atoms with E-state index >= 15 is 0 Å². The highest BCUT2D eigenvalue weighted by Gasteiger charge is 2.27. The van der Waals surface area contributed by atoms with Gasteiger partial charge in [0.05, 0.1) is 33.8 Å². The van der Waals surface area contributed by atoms with Gasteiger partial charge in [0.2, 0.25) is 5.91 Å². The lowest BCUT2D eigenvalue weighted by Gasteiger charge is -2.30. The second-order valence-corrected chi connectivity index (χ2v) is 21.6. The van der Waals surface area contributed by atoms with Gasteiger partial charge in [0, 0.05) is 12.8 Å². The first-order chi connectivity index (χ1) is 35.4. The van der Waals surface area contributed by atoms with Gasteiger partial charge in [0.15, 0.2) is 0 Å². The molecule has 9 nitrogen and oxygen atoms in total. The van der Waals surface area contributed by atoms with Crippen LogP contribution in [0.5, 0.6) is 0 Å². The number of unbranched alkanes of at least 4 members (excludes halogenated alkanes) is 21. The Morgan fingerprint density at radius 1 is 0.507 bits per heavy atom. The first-order valence-corrected chi connectivity index (χ1v) is 30.4. The summed E-state index contributed by atoms with van der Waals surface area (Å²) in [6, 6.07) is -0.925. The number of esters is 1. The zero-order valence-corrected chi connectivity index (χ0v) is 48.2. The fourth-order valence-corrected chi connectivity index (χ4v) is 8.28. The summed E-state index contributed by atoms with van der Waals surface area (Å²) in [6.45, 7) is 6.59. The molecule has 0 saturated heterocycles. The van der Waals surface area contributed by atoms with Crippen LogP contribution in [0.4, 0.5) is 0 Å². The SMILES string of the molecule is CC\C=C/C=C/C=C/C=C\C=C\C=C\CCCCCC(=O)NC(COP(=O)([O-])OCC[N+](C)(C)C)C(/C=C/CCCCCCCCCCC)OC(=O)CCCCCCCC/C=C\C/C=C\C/C=C\CCCCC. The molecule has 1 amide bonds. The molecule has 0 aliphatic carbocycles. The Bertz CT molecular complexity index is 1660. The molecule has 0 bridgehead atoms. The first-order valence-electron chi connectivity index (χ1n) is 28.9. The number of carbonyl (C=O) groups excluding carboxylic acids is 2. The Kier molecular flexibility index (Phi) is 49.3. The highest BCUT2D eigenvalue weighted by molar-refractivity contribution is 7.45. The van der Waals surface area contributed by atoms with E-state index in [1.165, 1.54) is 70.6 Å². The fourth-order valence-electron chi connectivity index (χ4n) is 7.56. The average molecular weight is 1040 g/mol. The van der Waals surface area contributed by atoms with Gasteiger partial charge < -0.3 is 28.5 Å². The zero-order valence-electron chi connectivity index (χ0n) is 47.3. The lowest BCUT2D eigenvalue weighted by molar-refractivity contribution is -0.870. The van der Waals surface area contributed by atoms with Crippen molar-refractivity contribution in [3.63, 3.8) is 0 Å². The van der Waals surface area contributed by atoms with Crippen molar-refractivity contribution in [3.8, 4) is 0 Å². The van der Waals surface area contributed by atoms with Crippen molar-refractivity contribution in [1.82, 2.24) is 5.32 Å². The standard InChI is InChI=1S/C63H107N2O7P/c1-7-10-13-16-19-22-25-27-29-31-32-34-36-38-41-44-47-50-53-56-63(67)72-61(54-51-48-45-42-39-24-21-18-15-12-9-3)60(59-71-73(68,69)70-58-57-65(4,5)6)64-62(66)55-52-49-46-43-40-37-35-33-30-28-26-23-20-17-14-11-8-2/h11,14,17,19-20,22-23,26-30,32-35,37,40,51,54,60-61H,7-10,12-13,15-16,18,21,24-25,31,36,38-39,41-50,52-53,55-59H2,1-6H3,(H-,64,66,68,69)/b14-11-,20-17+,22-19-,26-23+,29-27-,30-28-,34-32-,35-33+,40-37+,54-51+. The van der Waals surface area contributed by atoms with Gasteiger partial charge in [-0.05, 0) is 89.5 Å². The Hall–Kier alpha value is -3.59. The summed E-state index contributed by atoms with van der Waals surface area (Å²) in [6.07, 6.45) is 71.6. The summed E-state index contributed by atoms with van der Waals surface area (Å²) in [5, 5.41) is 2.99. The van der Waals surface area contributed by atoms with E-state index < -0.39 is 26.6 Å². The quantitative estimate of drug-likeness (QED) is 0.0161. The molecular weight excluding hydrogens is 928 g/mol. The van der Waals surface area contributed by atoms with Crippen molar-refractivity contribution in [2.24, 2.45) is 0 Å². The highest BCUT2D eigenvalue weighted by atomic mass is 31.2. The molecule has 0 rings (SSSR count). The van der Waals surface area contributed by atoms with Gasteiger partial charge in [-0.2, -0.15) is 0 Å². The maximum absolute atomic E-state index is 13.5. The van der Waals surface area contributed by atoms with E-state index in [0.717, 1.165) is 96.3 Å². The number of rotatable bonds is 50. The summed E-state index contributed by atoms with van der Waals surface area (Å²) in [4.78, 5) is 39.9. The smallest absolute Gasteiger partial charge is 0.306 e. The normalized spacial score (nSPS) is 14.7. The molecule has 0 spiro atoms. The minimum Gasteiger partial charge on any atom is -0.756 e. The van der Waals surface area contributed by atoms with Gasteiger partial charge in [-0.1, -0.05) is 233 Å². The summed E-state index contributed by atoms with van der Waals surface area (Å²) in [5.74, 6) is -0.618. The maximum Gasteiger partial charge on any atom is 0.306 e. The van der Waals surface area contributed by atoms with Crippen molar-refractivity contribution in [3.05, 3.63) is 122 Å². The topological polar surface area (TPSA) is 114 Å². The van der Waals surface area contributed by atoms with Gasteiger partial charge in [-0.15, -0.1) is 0 Å². The zero-order chi connectivity index (χ0) is 53.6. The van der Waals surface area contributed by atoms with Crippen LogP contribution >= 0.6 is 7.82 Å². The number of hydrogen-bond donors (Lipinski definition) is 1. The van der Waals surface area contributed by atoms with E-state index in [-0.39, 0.29) is 31.3 Å². The molecule has 0 aromatic heterocycles. The Balaban J connectivity index is 5.42. The molecule has 416 valence electrons. The fraction of sp³-hybridized carbons (Fsp3) is 0.651. The van der Waals surface area contributed by atoms with Gasteiger partial charge in [-0.3, -0.25) is 14.2 Å². The van der Waals surface area contributed by atoms with E-state index in [1.54, 1.807) is 6.08 Å². The Morgan fingerprint density at radius 2 is 0.932 bits per heavy atom. The predicted molar refractivity (Wildman–Crippen MR) is 311 cm³/mol. The third kappa shape index (κ3) is 53.1. The minimum atomic E-state index is -4.72. The molecule has 0 radical (unpaired) electrons. The first kappa shape index (κ1) is 69.4. The molecule has 10 heteroatoms. The van der Waals surface area contributed by atoms with E-state index in [9.17, 15) is 19.0 Å². The predicted octanol–water partition coefficient (Wildman–Crippen LogP) is 16.9. The summed E-state index contributed by atoms with van der Waals surface area (Å²) >= 11 is 0. The number of amides is 1. The number of phosphoric ester groups is 1. The second-order valence-electron chi connectivity index (χ2n) is 20.2. The molecule has 0 aromatic carbocycles. The molecule has 73 heavy (non-hydrogen) atoms. The largest absolute Gasteiger partial charge is 0.756 e. The van der Waals surface area contributed by atoms with Crippen LogP contribution < -0.4 is 10.2 Å². The van der Waals surface area contributed by atoms with E-state index in [2.05, 4.69) is 74.7 Å². The third-order valence-electron chi connectivity index (χ3n) is 12.0. The van der Waals surface area contributed by atoms with Crippen LogP contribution in [-0.2, 0) is 27.9 Å². The van der Waals surface area contributed by atoms with Crippen LogP contribution in [0.25, 0.3) is 0 Å². The number of carbonyl (C=O) groups is 2. The molecule has 3 atom stereocenters. The van der Waals surface area contributed by atoms with Crippen molar-refractivity contribution < 1.29 is 37.3 Å². The van der Waals surface area contributed by atoms with Crippen molar-refractivity contribution >= 4 is 19.7 Å². The Morgan fingerprint density at radius 3 is 1.48 bits per heavy atom. The number of ether oxygens (including phenoxy) is 1. The molecule has 0 aromatic rings. The van der Waals surface area contributed by atoms with Crippen LogP contribution in [0.15, 0.2) is 122 Å². The lowest BCUT2D eigenvalue weighted by atomic mass is 10.1. The van der Waals surface area contributed by atoms with E-state index in [4.69, 9.17) is 13.8 Å². The maximum atomic E-state index is 13.5. The minimum absolute atomic E-state index is 0.0409. The van der Waals surface area contributed by atoms with E-state index in [0.29, 0.717) is 23.9 Å². The second kappa shape index (κ2) is 51.9. The summed E-state index contributed by atoms with van der Waals surface area (Å²) in [5.41, 5.74) is 0. The number of hydrogen-bond acceptors (Lipinski definition) is 7. The number of nitrogens with one attached hydrogen (secondary N) is 1. The monoisotopic (exact) mass is 1030 g/mol. The number of allylic oxidation sites excluding steroid dienone is 19. The molecule has 0 saturated carbocycles. The Labute approximate surface area is 448 Å². The molecular formula is C63H107N2O7P. The number of nitrogens with zero attached hydrogens (tertiary/aromatic N) is 1. The molecule has 0 aliphatic heterocycles. The van der Waals surface area contributed by atoms with Crippen molar-refractivity contribution in [2.45, 2.75) is 226 Å². The third-order valence-corrected chi connectivity index (χ3v) is 13.0. The van der Waals surface area contributed by atoms with Crippen LogP contribution in [0.2, 0.25) is 0 Å². The number of likely N-dealkylation sites (N-methyl/N-ethyl adjacent to an activating group) is 1. The van der Waals surface area contributed by atoms with Crippen molar-refractivity contribution in [2.75, 3.05) is 40.9 Å². The van der Waals surface area contributed by atoms with Gasteiger partial charge >= 0.3 is 5.97 Å². The van der Waals surface area contributed by atoms with Gasteiger partial charge in [0.25, 0.3) is 7.82 Å². The van der Waals surface area contributed by atoms with Crippen molar-refractivity contribution in [1.29, 1.82) is 0 Å². The number of phosphoric acid groups is 1. The van der Waals surface area contributed by atoms with Crippen LogP contribution in [0, 0.1) is 0 Å². The molecule has 3 unspecified atom stereocenters. The van der Waals surface area contributed by atoms with Gasteiger partial charge in [-0.25, -0.2) is 0 Å². The molecule has 1 N–H and O–H groups in total. The highest BCUT2D eigenvalue weighted by Crippen LogP contribution is 2.38. The number of quaternary nitrogens is 1. The average Bonchev–Trinajstić information content (AvgIpc) is 3.35. The summed E-state index contributed by atoms with van der Waals surface area (Å²) < 4.78 is 30.2. The molecule has 0 aliphatic rings. The van der Waals surface area contributed by atoms with Gasteiger partial charge in [0.1, 0.15) is 19.3 Å². The molecule has 0 fully saturated rings. The summed E-state index contributed by atoms with van der Waals surface area (Å²) in [7, 11) is 1.12. The van der Waals surface area contributed by atoms with Crippen LogP contribution in [0.1, 0.15) is 213 Å². The lowest BCUT2D eigenvalue weighted by Crippen LogP contribution is -2.47. The van der Waals surface area contributed by atoms with Crippen LogP contribution in [-0.4, -0.2) is 69.4 Å². The van der Waals surface area contributed by atoms with Crippen LogP contribution in [0.3, 0.4) is 0 Å². The molecule has 0 heterocycles. The van der Waals surface area contributed by atoms with E-state index in [1.807, 2.05) is 88.0 Å².